The Balaban J connectivity index is 1.64. The number of nitrogens with one attached hydrogen (secondary N) is 1. The predicted molar refractivity (Wildman–Crippen MR) is 135 cm³/mol. The first-order valence-corrected chi connectivity index (χ1v) is 12.6. The van der Waals surface area contributed by atoms with Crippen molar-refractivity contribution < 1.29 is 17.9 Å². The second-order valence-electron chi connectivity index (χ2n) is 9.88. The summed E-state index contributed by atoms with van der Waals surface area (Å²) in [5.41, 5.74) is 5.74. The predicted octanol–water partition coefficient (Wildman–Crippen LogP) is 6.83. The monoisotopic (exact) mass is 487 g/mol. The maximum atomic E-state index is 14.3. The molecule has 7 heteroatoms. The lowest BCUT2D eigenvalue weighted by molar-refractivity contribution is -0.0356. The minimum Gasteiger partial charge on any atom is -0.496 e. The maximum Gasteiger partial charge on any atom is 0.257 e. The van der Waals surface area contributed by atoms with Gasteiger partial charge in [0, 0.05) is 37.3 Å². The summed E-state index contributed by atoms with van der Waals surface area (Å²) in [4.78, 5) is 6.55. The van der Waals surface area contributed by atoms with E-state index in [1.54, 1.807) is 13.3 Å². The summed E-state index contributed by atoms with van der Waals surface area (Å²) < 4.78 is 46.7. The summed E-state index contributed by atoms with van der Waals surface area (Å²) in [6.07, 6.45) is 6.65. The quantitative estimate of drug-likeness (QED) is 0.353. The first-order chi connectivity index (χ1) is 16.8. The minimum absolute atomic E-state index is 0.0532. The van der Waals surface area contributed by atoms with Crippen molar-refractivity contribution in [2.75, 3.05) is 32.2 Å². The molecule has 1 aromatic carbocycles. The average Bonchev–Trinajstić information content (AvgIpc) is 3.19. The fraction of sp³-hybridized carbons (Fsp3) is 0.536. The van der Waals surface area contributed by atoms with Gasteiger partial charge in [0.25, 0.3) is 5.92 Å². The van der Waals surface area contributed by atoms with Gasteiger partial charge < -0.3 is 10.1 Å². The molecule has 4 rings (SSSR count). The van der Waals surface area contributed by atoms with Crippen molar-refractivity contribution in [2.24, 2.45) is 0 Å². The van der Waals surface area contributed by atoms with Crippen LogP contribution in [0.5, 0.6) is 5.75 Å². The molecule has 1 aromatic heterocycles. The molecule has 0 spiro atoms. The smallest absolute Gasteiger partial charge is 0.257 e. The second-order valence-corrected chi connectivity index (χ2v) is 9.88. The molecule has 2 aromatic rings. The molecule has 2 heterocycles. The van der Waals surface area contributed by atoms with Gasteiger partial charge in [0.2, 0.25) is 0 Å². The number of rotatable bonds is 11. The molecule has 4 nitrogen and oxygen atoms in total. The first-order valence-electron chi connectivity index (χ1n) is 12.6. The van der Waals surface area contributed by atoms with Gasteiger partial charge in [0.15, 0.2) is 0 Å². The standard InChI is InChI=1S/C28H36F3N3O/c1-19-14-22-21-11-7-6-10-20(21)15-23(22)27(34(19)18-28(2,30)31)24-17-33-26(16-25(24)35-3)32-13-9-5-4-8-12-29/h6-7,10-11,16-17,19,27H,4-5,8-9,12-15,18H2,1-3H3,(H,32,33)/t19-,27+/m1/s1. The molecule has 2 aliphatic rings. The van der Waals surface area contributed by atoms with Gasteiger partial charge in [-0.1, -0.05) is 37.1 Å². The highest BCUT2D eigenvalue weighted by Gasteiger charge is 2.43. The number of hydrogen-bond acceptors (Lipinski definition) is 4. The number of halogens is 3. The Morgan fingerprint density at radius 3 is 2.69 bits per heavy atom. The number of hydrogen-bond donors (Lipinski definition) is 1. The van der Waals surface area contributed by atoms with E-state index in [0.717, 1.165) is 51.1 Å². The fourth-order valence-corrected chi connectivity index (χ4v) is 5.47. The highest BCUT2D eigenvalue weighted by molar-refractivity contribution is 5.79. The Bertz CT molecular complexity index is 1050. The molecule has 0 saturated carbocycles. The molecule has 0 bridgehead atoms. The Morgan fingerprint density at radius 1 is 1.17 bits per heavy atom. The van der Waals surface area contributed by atoms with E-state index in [9.17, 15) is 13.2 Å². The van der Waals surface area contributed by atoms with Crippen LogP contribution in [0.15, 0.2) is 42.1 Å². The van der Waals surface area contributed by atoms with Gasteiger partial charge in [-0.15, -0.1) is 0 Å². The molecular formula is C28H36F3N3O. The number of anilines is 1. The van der Waals surface area contributed by atoms with E-state index in [-0.39, 0.29) is 25.3 Å². The molecular weight excluding hydrogens is 451 g/mol. The summed E-state index contributed by atoms with van der Waals surface area (Å²) in [6, 6.07) is 9.83. The van der Waals surface area contributed by atoms with Crippen LogP contribution in [0.3, 0.4) is 0 Å². The molecule has 1 N–H and O–H groups in total. The van der Waals surface area contributed by atoms with Crippen LogP contribution >= 0.6 is 0 Å². The highest BCUT2D eigenvalue weighted by Crippen LogP contribution is 2.50. The normalized spacial score (nSPS) is 20.1. The van der Waals surface area contributed by atoms with Gasteiger partial charge in [-0.3, -0.25) is 9.29 Å². The topological polar surface area (TPSA) is 37.4 Å². The van der Waals surface area contributed by atoms with E-state index in [4.69, 9.17) is 4.74 Å². The number of benzene rings is 1. The lowest BCUT2D eigenvalue weighted by Crippen LogP contribution is -2.46. The van der Waals surface area contributed by atoms with Crippen LogP contribution in [-0.4, -0.2) is 48.7 Å². The van der Waals surface area contributed by atoms with Crippen LogP contribution < -0.4 is 10.1 Å². The lowest BCUT2D eigenvalue weighted by Gasteiger charge is -2.43. The van der Waals surface area contributed by atoms with Gasteiger partial charge in [0.05, 0.1) is 26.4 Å². The molecule has 1 aliphatic carbocycles. The Labute approximate surface area is 206 Å². The molecule has 2 atom stereocenters. The molecule has 0 fully saturated rings. The van der Waals surface area contributed by atoms with E-state index in [2.05, 4.69) is 22.4 Å². The summed E-state index contributed by atoms with van der Waals surface area (Å²) >= 11 is 0. The van der Waals surface area contributed by atoms with Crippen LogP contribution in [0.4, 0.5) is 19.0 Å². The zero-order valence-corrected chi connectivity index (χ0v) is 20.9. The van der Waals surface area contributed by atoms with Crippen molar-refractivity contribution >= 4 is 11.4 Å². The fourth-order valence-electron chi connectivity index (χ4n) is 5.47. The minimum atomic E-state index is -2.82. The van der Waals surface area contributed by atoms with Crippen LogP contribution in [-0.2, 0) is 6.42 Å². The third-order valence-electron chi connectivity index (χ3n) is 7.07. The van der Waals surface area contributed by atoms with Crippen molar-refractivity contribution in [3.63, 3.8) is 0 Å². The third-order valence-corrected chi connectivity index (χ3v) is 7.07. The summed E-state index contributed by atoms with van der Waals surface area (Å²) in [6.45, 7) is 3.16. The first kappa shape index (κ1) is 25.5. The summed E-state index contributed by atoms with van der Waals surface area (Å²) in [5.74, 6) is -1.48. The molecule has 0 amide bonds. The number of nitrogens with zero attached hydrogens (tertiary/aromatic N) is 2. The van der Waals surface area contributed by atoms with Crippen LogP contribution in [0.1, 0.15) is 68.7 Å². The highest BCUT2D eigenvalue weighted by atomic mass is 19.3. The number of alkyl halides is 3. The van der Waals surface area contributed by atoms with Crippen molar-refractivity contribution in [3.05, 3.63) is 58.8 Å². The van der Waals surface area contributed by atoms with Crippen molar-refractivity contribution in [3.8, 4) is 5.75 Å². The molecule has 1 aliphatic heterocycles. The summed E-state index contributed by atoms with van der Waals surface area (Å²) in [5, 5.41) is 3.31. The number of methoxy groups -OCH3 is 1. The van der Waals surface area contributed by atoms with Gasteiger partial charge in [-0.05, 0) is 54.9 Å². The van der Waals surface area contributed by atoms with Gasteiger partial charge in [-0.2, -0.15) is 0 Å². The van der Waals surface area contributed by atoms with E-state index in [1.807, 2.05) is 30.0 Å². The number of aromatic nitrogens is 1. The second kappa shape index (κ2) is 11.0. The number of pyridine rings is 1. The van der Waals surface area contributed by atoms with Gasteiger partial charge in [-0.25, -0.2) is 13.8 Å². The Morgan fingerprint density at radius 2 is 1.94 bits per heavy atom. The zero-order chi connectivity index (χ0) is 25.0. The van der Waals surface area contributed by atoms with Crippen LogP contribution in [0.2, 0.25) is 0 Å². The average molecular weight is 488 g/mol. The number of ether oxygens (including phenoxy) is 1. The third kappa shape index (κ3) is 5.83. The van der Waals surface area contributed by atoms with Gasteiger partial charge in [0.1, 0.15) is 11.6 Å². The molecule has 0 unspecified atom stereocenters. The van der Waals surface area contributed by atoms with Crippen LogP contribution in [0.25, 0.3) is 5.57 Å². The molecule has 0 saturated heterocycles. The zero-order valence-electron chi connectivity index (χ0n) is 20.9. The maximum absolute atomic E-state index is 14.3. The largest absolute Gasteiger partial charge is 0.496 e. The van der Waals surface area contributed by atoms with Gasteiger partial charge >= 0.3 is 0 Å². The van der Waals surface area contributed by atoms with E-state index in [1.165, 1.54) is 22.3 Å². The lowest BCUT2D eigenvalue weighted by atomic mass is 9.85. The summed E-state index contributed by atoms with van der Waals surface area (Å²) in [7, 11) is 1.61. The van der Waals surface area contributed by atoms with Crippen molar-refractivity contribution in [2.45, 2.75) is 70.4 Å². The molecule has 190 valence electrons. The van der Waals surface area contributed by atoms with Crippen molar-refractivity contribution in [1.82, 2.24) is 9.88 Å². The number of unbranched alkanes of at least 4 members (excludes halogenated alkanes) is 3. The van der Waals surface area contributed by atoms with Crippen LogP contribution in [0, 0.1) is 0 Å². The Kier molecular flexibility index (Phi) is 8.05. The SMILES string of the molecule is COc1cc(NCCCCCCF)ncc1[C@@H]1C2=C(C[C@@H](C)N1CC(C)(F)F)c1ccccc1C2. The number of fused-ring (bicyclic) bond motifs is 2. The van der Waals surface area contributed by atoms with E-state index < -0.39 is 5.92 Å². The van der Waals surface area contributed by atoms with E-state index in [0.29, 0.717) is 18.0 Å². The van der Waals surface area contributed by atoms with E-state index >= 15 is 0 Å². The Hall–Kier alpha value is -2.54. The van der Waals surface area contributed by atoms with Crippen molar-refractivity contribution in [1.29, 1.82) is 0 Å². The molecule has 35 heavy (non-hydrogen) atoms. The molecule has 0 radical (unpaired) electrons.